The van der Waals surface area contributed by atoms with Crippen LogP contribution in [-0.4, -0.2) is 40.9 Å². The first-order valence-corrected chi connectivity index (χ1v) is 6.73. The van der Waals surface area contributed by atoms with Gasteiger partial charge in [-0.2, -0.15) is 5.10 Å². The Morgan fingerprint density at radius 2 is 2.11 bits per heavy atom. The number of hydrogen-bond acceptors (Lipinski definition) is 4. The van der Waals surface area contributed by atoms with Crippen molar-refractivity contribution in [3.05, 3.63) is 27.7 Å². The van der Waals surface area contributed by atoms with Gasteiger partial charge in [-0.05, 0) is 25.9 Å². The van der Waals surface area contributed by atoms with Crippen molar-refractivity contribution < 1.29 is 4.74 Å². The van der Waals surface area contributed by atoms with Gasteiger partial charge in [0, 0.05) is 24.6 Å². The molecule has 98 valence electrons. The number of ether oxygens (including phenoxy) is 1. The van der Waals surface area contributed by atoms with Crippen molar-refractivity contribution in [1.82, 2.24) is 14.7 Å². The highest BCUT2D eigenvalue weighted by Gasteiger charge is 2.15. The molecule has 5 heteroatoms. The molecule has 0 radical (unpaired) electrons. The Balaban J connectivity index is 1.72. The van der Waals surface area contributed by atoms with Crippen molar-refractivity contribution in [2.24, 2.45) is 0 Å². The van der Waals surface area contributed by atoms with Crippen molar-refractivity contribution >= 4 is 0 Å². The smallest absolute Gasteiger partial charge is 0.267 e. The van der Waals surface area contributed by atoms with Gasteiger partial charge in [0.25, 0.3) is 5.56 Å². The minimum Gasteiger partial charge on any atom is -0.376 e. The molecule has 0 aliphatic carbocycles. The first kappa shape index (κ1) is 11.9. The molecule has 0 N–H and O–H groups in total. The number of likely N-dealkylation sites (tertiary alicyclic amines) is 1. The van der Waals surface area contributed by atoms with Gasteiger partial charge in [-0.15, -0.1) is 0 Å². The predicted molar refractivity (Wildman–Crippen MR) is 67.5 cm³/mol. The summed E-state index contributed by atoms with van der Waals surface area (Å²) in [5.41, 5.74) is 1.99. The van der Waals surface area contributed by atoms with E-state index in [1.54, 1.807) is 10.7 Å². The summed E-state index contributed by atoms with van der Waals surface area (Å²) in [6.07, 6.45) is 3.38. The normalized spacial score (nSPS) is 20.0. The highest BCUT2D eigenvalue weighted by molar-refractivity contribution is 5.18. The fraction of sp³-hybridized carbons (Fsp3) is 0.692. The van der Waals surface area contributed by atoms with Crippen LogP contribution in [0.4, 0.5) is 0 Å². The molecule has 0 saturated carbocycles. The Kier molecular flexibility index (Phi) is 3.43. The molecule has 0 atom stereocenters. The predicted octanol–water partition coefficient (Wildman–Crippen LogP) is 0.412. The van der Waals surface area contributed by atoms with E-state index in [0.717, 1.165) is 37.3 Å². The minimum absolute atomic E-state index is 0.00144. The zero-order chi connectivity index (χ0) is 12.4. The van der Waals surface area contributed by atoms with E-state index in [1.807, 2.05) is 0 Å². The third-order valence-electron chi connectivity index (χ3n) is 3.73. The lowest BCUT2D eigenvalue weighted by molar-refractivity contribution is 0.108. The third kappa shape index (κ3) is 2.47. The monoisotopic (exact) mass is 249 g/mol. The van der Waals surface area contributed by atoms with Crippen LogP contribution in [-0.2, 0) is 24.3 Å². The summed E-state index contributed by atoms with van der Waals surface area (Å²) in [6.45, 7) is 5.20. The van der Waals surface area contributed by atoms with Crippen LogP contribution in [0.3, 0.4) is 0 Å². The van der Waals surface area contributed by atoms with Gasteiger partial charge in [-0.3, -0.25) is 4.79 Å². The summed E-state index contributed by atoms with van der Waals surface area (Å²) >= 11 is 0. The van der Waals surface area contributed by atoms with Crippen LogP contribution < -0.4 is 5.56 Å². The first-order valence-electron chi connectivity index (χ1n) is 6.73. The largest absolute Gasteiger partial charge is 0.376 e. The Bertz CT molecular complexity index is 478. The average molecular weight is 249 g/mol. The molecule has 1 saturated heterocycles. The summed E-state index contributed by atoms with van der Waals surface area (Å²) in [5, 5.41) is 4.47. The molecule has 0 spiro atoms. The topological polar surface area (TPSA) is 47.4 Å². The van der Waals surface area contributed by atoms with Gasteiger partial charge in [0.05, 0.1) is 25.5 Å². The second-order valence-corrected chi connectivity index (χ2v) is 5.03. The maximum Gasteiger partial charge on any atom is 0.267 e. The molecule has 18 heavy (non-hydrogen) atoms. The molecular weight excluding hydrogens is 230 g/mol. The van der Waals surface area contributed by atoms with Crippen LogP contribution in [0.2, 0.25) is 0 Å². The van der Waals surface area contributed by atoms with E-state index in [0.29, 0.717) is 19.8 Å². The number of nitrogens with zero attached hydrogens (tertiary/aromatic N) is 3. The van der Waals surface area contributed by atoms with Gasteiger partial charge >= 0.3 is 0 Å². The van der Waals surface area contributed by atoms with E-state index in [1.165, 1.54) is 12.8 Å². The summed E-state index contributed by atoms with van der Waals surface area (Å²) in [5.74, 6) is 0. The summed E-state index contributed by atoms with van der Waals surface area (Å²) in [4.78, 5) is 14.3. The maximum atomic E-state index is 11.9. The van der Waals surface area contributed by atoms with Crippen molar-refractivity contribution in [3.8, 4) is 0 Å². The van der Waals surface area contributed by atoms with Crippen molar-refractivity contribution in [2.45, 2.75) is 32.4 Å². The number of fused-ring (bicyclic) bond motifs is 1. The van der Waals surface area contributed by atoms with E-state index in [2.05, 4.69) is 10.00 Å². The zero-order valence-electron chi connectivity index (χ0n) is 10.6. The van der Waals surface area contributed by atoms with Gasteiger partial charge in [0.2, 0.25) is 0 Å². The van der Waals surface area contributed by atoms with E-state index in [4.69, 9.17) is 4.74 Å². The van der Waals surface area contributed by atoms with E-state index < -0.39 is 0 Å². The summed E-state index contributed by atoms with van der Waals surface area (Å²) < 4.78 is 6.95. The summed E-state index contributed by atoms with van der Waals surface area (Å²) in [6, 6.07) is 1.69. The van der Waals surface area contributed by atoms with Crippen molar-refractivity contribution in [2.75, 3.05) is 26.2 Å². The van der Waals surface area contributed by atoms with Gasteiger partial charge in [0.15, 0.2) is 0 Å². The minimum atomic E-state index is -0.00144. The van der Waals surface area contributed by atoms with E-state index in [-0.39, 0.29) is 5.56 Å². The number of aromatic nitrogens is 2. The van der Waals surface area contributed by atoms with Crippen LogP contribution in [0, 0.1) is 0 Å². The molecule has 0 aromatic carbocycles. The molecule has 0 bridgehead atoms. The molecule has 2 aliphatic heterocycles. The maximum absolute atomic E-state index is 11.9. The molecule has 0 amide bonds. The lowest BCUT2D eigenvalue weighted by Crippen LogP contribution is -2.32. The van der Waals surface area contributed by atoms with Gasteiger partial charge in [-0.1, -0.05) is 0 Å². The fourth-order valence-corrected chi connectivity index (χ4v) is 2.66. The van der Waals surface area contributed by atoms with Crippen LogP contribution in [0.25, 0.3) is 0 Å². The molecular formula is C13H19N3O2. The average Bonchev–Trinajstić information content (AvgIpc) is 2.89. The quantitative estimate of drug-likeness (QED) is 0.778. The Morgan fingerprint density at radius 3 is 2.94 bits per heavy atom. The molecule has 1 aromatic heterocycles. The molecule has 1 fully saturated rings. The summed E-state index contributed by atoms with van der Waals surface area (Å²) in [7, 11) is 0. The molecule has 2 aliphatic rings. The van der Waals surface area contributed by atoms with E-state index >= 15 is 0 Å². The van der Waals surface area contributed by atoms with E-state index in [9.17, 15) is 4.79 Å². The third-order valence-corrected chi connectivity index (χ3v) is 3.73. The lowest BCUT2D eigenvalue weighted by Gasteiger charge is -2.18. The highest BCUT2D eigenvalue weighted by atomic mass is 16.5. The van der Waals surface area contributed by atoms with Gasteiger partial charge < -0.3 is 9.64 Å². The van der Waals surface area contributed by atoms with Gasteiger partial charge in [-0.25, -0.2) is 4.68 Å². The van der Waals surface area contributed by atoms with Crippen molar-refractivity contribution in [3.63, 3.8) is 0 Å². The van der Waals surface area contributed by atoms with Crippen LogP contribution in [0.15, 0.2) is 10.9 Å². The second kappa shape index (κ2) is 5.20. The second-order valence-electron chi connectivity index (χ2n) is 5.03. The Labute approximate surface area is 106 Å². The highest BCUT2D eigenvalue weighted by Crippen LogP contribution is 2.11. The first-order chi connectivity index (χ1) is 8.83. The number of rotatable bonds is 3. The molecule has 5 nitrogen and oxygen atoms in total. The van der Waals surface area contributed by atoms with Crippen LogP contribution in [0.1, 0.15) is 24.1 Å². The SMILES string of the molecule is O=c1cc2c(nn1CCN1CCCC1)CCOC2. The van der Waals surface area contributed by atoms with Gasteiger partial charge in [0.1, 0.15) is 0 Å². The van der Waals surface area contributed by atoms with Crippen LogP contribution >= 0.6 is 0 Å². The van der Waals surface area contributed by atoms with Crippen molar-refractivity contribution in [1.29, 1.82) is 0 Å². The Morgan fingerprint density at radius 1 is 1.28 bits per heavy atom. The lowest BCUT2D eigenvalue weighted by atomic mass is 10.1. The molecule has 1 aromatic rings. The molecule has 0 unspecified atom stereocenters. The number of hydrogen-bond donors (Lipinski definition) is 0. The molecule has 3 heterocycles. The van der Waals surface area contributed by atoms with Crippen LogP contribution in [0.5, 0.6) is 0 Å². The molecule has 3 rings (SSSR count). The fourth-order valence-electron chi connectivity index (χ4n) is 2.66. The zero-order valence-corrected chi connectivity index (χ0v) is 10.6. The standard InChI is InChI=1S/C13H19N3O2/c17-13-9-11-10-18-8-3-12(11)14-16(13)7-6-15-4-1-2-5-15/h9H,1-8,10H2. The Hall–Kier alpha value is -1.20.